The molecule has 0 aliphatic carbocycles. The molecule has 154 valence electrons. The molecular weight excluding hydrogens is 399 g/mol. The van der Waals surface area contributed by atoms with Crippen molar-refractivity contribution in [2.75, 3.05) is 0 Å². The molecule has 0 aliphatic rings. The largest absolute Gasteiger partial charge is 0.507 e. The highest BCUT2D eigenvalue weighted by Crippen LogP contribution is 2.47. The Kier molecular flexibility index (Phi) is 5.93. The van der Waals surface area contributed by atoms with E-state index in [0.29, 0.717) is 11.1 Å². The molecule has 0 aromatic heterocycles. The predicted octanol–water partition coefficient (Wildman–Crippen LogP) is 5.07. The number of aromatic hydroxyl groups is 1. The maximum absolute atomic E-state index is 13.9. The van der Waals surface area contributed by atoms with Crippen molar-refractivity contribution in [2.45, 2.75) is 13.8 Å². The Morgan fingerprint density at radius 2 is 1.06 bits per heavy atom. The lowest BCUT2D eigenvalue weighted by Gasteiger charge is -2.31. The molecule has 3 heteroatoms. The maximum Gasteiger partial charge on any atom is 0.193 e. The minimum absolute atomic E-state index is 0.0548. The summed E-state index contributed by atoms with van der Waals surface area (Å²) in [5.74, 6) is -0.0646. The van der Waals surface area contributed by atoms with E-state index in [1.165, 1.54) is 0 Å². The van der Waals surface area contributed by atoms with Gasteiger partial charge in [-0.1, -0.05) is 103 Å². The van der Waals surface area contributed by atoms with E-state index in [9.17, 15) is 9.90 Å². The van der Waals surface area contributed by atoms with Gasteiger partial charge in [-0.25, -0.2) is 0 Å². The summed E-state index contributed by atoms with van der Waals surface area (Å²) in [4.78, 5) is 13.9. The molecule has 0 spiro atoms. The molecule has 4 aromatic carbocycles. The van der Waals surface area contributed by atoms with E-state index in [1.54, 1.807) is 6.07 Å². The highest BCUT2D eigenvalue weighted by Gasteiger charge is 2.31. The Bertz CT molecular complexity index is 1160. The molecule has 1 N–H and O–H groups in total. The van der Waals surface area contributed by atoms with Crippen LogP contribution in [-0.2, 0) is 0 Å². The van der Waals surface area contributed by atoms with Crippen molar-refractivity contribution in [1.29, 1.82) is 0 Å². The quantitative estimate of drug-likeness (QED) is 0.359. The minimum Gasteiger partial charge on any atom is -0.507 e. The number of phenols is 1. The molecule has 0 fully saturated rings. The molecule has 0 heterocycles. The van der Waals surface area contributed by atoms with Gasteiger partial charge in [-0.2, -0.15) is 0 Å². The Balaban J connectivity index is 2.17. The van der Waals surface area contributed by atoms with Gasteiger partial charge in [0.1, 0.15) is 5.75 Å². The van der Waals surface area contributed by atoms with Crippen molar-refractivity contribution in [1.82, 2.24) is 0 Å². The second kappa shape index (κ2) is 8.79. The molecule has 0 unspecified atom stereocenters. The summed E-state index contributed by atoms with van der Waals surface area (Å²) in [5, 5.41) is 14.8. The Morgan fingerprint density at radius 1 is 0.645 bits per heavy atom. The summed E-state index contributed by atoms with van der Waals surface area (Å²) >= 11 is 0. The fourth-order valence-corrected chi connectivity index (χ4v) is 8.51. The maximum atomic E-state index is 13.9. The molecule has 0 saturated carbocycles. The Labute approximate surface area is 183 Å². The predicted molar refractivity (Wildman–Crippen MR) is 133 cm³/mol. The van der Waals surface area contributed by atoms with E-state index < -0.39 is 6.89 Å². The molecule has 0 aliphatic heterocycles. The van der Waals surface area contributed by atoms with Crippen LogP contribution in [0.15, 0.2) is 109 Å². The first-order valence-corrected chi connectivity index (χ1v) is 12.1. The van der Waals surface area contributed by atoms with Gasteiger partial charge in [-0.15, -0.1) is 0 Å². The van der Waals surface area contributed by atoms with Crippen molar-refractivity contribution in [3.05, 3.63) is 120 Å². The average Bonchev–Trinajstić information content (AvgIpc) is 2.83. The third-order valence-electron chi connectivity index (χ3n) is 5.74. The van der Waals surface area contributed by atoms with Crippen LogP contribution in [0.4, 0.5) is 0 Å². The topological polar surface area (TPSA) is 37.3 Å². The van der Waals surface area contributed by atoms with Crippen LogP contribution in [0.3, 0.4) is 0 Å². The van der Waals surface area contributed by atoms with Gasteiger partial charge in [0.15, 0.2) is 5.78 Å². The van der Waals surface area contributed by atoms with Gasteiger partial charge in [-0.05, 0) is 48.3 Å². The second-order valence-corrected chi connectivity index (χ2v) is 11.1. The van der Waals surface area contributed by atoms with Crippen LogP contribution in [0.2, 0.25) is 0 Å². The Hall–Kier alpha value is -3.35. The van der Waals surface area contributed by atoms with E-state index in [1.807, 2.05) is 80.6 Å². The van der Waals surface area contributed by atoms with Gasteiger partial charge in [-0.3, -0.25) is 4.79 Å². The van der Waals surface area contributed by atoms with E-state index in [0.717, 1.165) is 21.2 Å². The number of carbonyl (C=O) groups is 1. The Morgan fingerprint density at radius 3 is 1.48 bits per heavy atom. The fraction of sp³-hybridized carbons (Fsp3) is 0.0714. The van der Waals surface area contributed by atoms with Crippen LogP contribution in [0.5, 0.6) is 5.75 Å². The average molecular weight is 424 g/mol. The van der Waals surface area contributed by atoms with E-state index in [4.69, 9.17) is 0 Å². The van der Waals surface area contributed by atoms with Crippen molar-refractivity contribution < 1.29 is 9.90 Å². The molecule has 4 aromatic rings. The van der Waals surface area contributed by atoms with Crippen LogP contribution in [-0.4, -0.2) is 16.2 Å². The molecule has 0 bridgehead atoms. The lowest BCUT2D eigenvalue weighted by molar-refractivity contribution is 0.106. The van der Waals surface area contributed by atoms with Crippen LogP contribution >= 0.6 is 6.89 Å². The SMILES string of the molecule is CC(C(=O)c1cccc(C)c1O)=P(c1ccccc1)(c1ccccc1)c1ccccc1. The lowest BCUT2D eigenvalue weighted by Crippen LogP contribution is -2.32. The summed E-state index contributed by atoms with van der Waals surface area (Å²) in [7, 11) is 0. The van der Waals surface area contributed by atoms with Crippen LogP contribution in [0, 0.1) is 6.92 Å². The number of benzene rings is 4. The smallest absolute Gasteiger partial charge is 0.193 e. The number of phenolic OH excluding ortho intramolecular Hbond substituents is 1. The molecular formula is C28H25O2P. The summed E-state index contributed by atoms with van der Waals surface area (Å²) in [6, 6.07) is 36.2. The first-order valence-electron chi connectivity index (χ1n) is 10.3. The van der Waals surface area contributed by atoms with Gasteiger partial charge in [0, 0.05) is 5.29 Å². The van der Waals surface area contributed by atoms with E-state index >= 15 is 0 Å². The second-order valence-electron chi connectivity index (χ2n) is 7.56. The number of Topliss-reactive ketones (excluding diaryl/α,β-unsaturated/α-hetero) is 1. The zero-order valence-corrected chi connectivity index (χ0v) is 18.6. The first kappa shape index (κ1) is 20.9. The van der Waals surface area contributed by atoms with E-state index in [2.05, 4.69) is 36.4 Å². The third-order valence-corrected chi connectivity index (χ3v) is 10.2. The molecule has 0 amide bonds. The summed E-state index contributed by atoms with van der Waals surface area (Å²) < 4.78 is 0. The highest BCUT2D eigenvalue weighted by molar-refractivity contribution is 7.96. The molecule has 31 heavy (non-hydrogen) atoms. The first-order chi connectivity index (χ1) is 15.1. The van der Waals surface area contributed by atoms with Crippen LogP contribution < -0.4 is 15.9 Å². The lowest BCUT2D eigenvalue weighted by atomic mass is 10.0. The van der Waals surface area contributed by atoms with Crippen molar-refractivity contribution in [3.63, 3.8) is 0 Å². The number of carbonyl (C=O) groups excluding carboxylic acids is 1. The standard InChI is InChI=1S/C28H25O2P/c1-21-13-12-20-26(27(21)29)28(30)22(2)31(23-14-6-3-7-15-23,24-16-8-4-9-17-24)25-18-10-5-11-19-25/h3-20,29H,1-2H3. The molecule has 4 rings (SSSR count). The van der Waals surface area contributed by atoms with Gasteiger partial charge >= 0.3 is 0 Å². The zero-order chi connectivity index (χ0) is 21.8. The highest BCUT2D eigenvalue weighted by atomic mass is 31.2. The summed E-state index contributed by atoms with van der Waals surface area (Å²) in [6.07, 6.45) is 0. The molecule has 0 radical (unpaired) electrons. The summed E-state index contributed by atoms with van der Waals surface area (Å²) in [6.45, 7) is 1.31. The molecule has 0 atom stereocenters. The van der Waals surface area contributed by atoms with Crippen LogP contribution in [0.1, 0.15) is 22.8 Å². The van der Waals surface area contributed by atoms with Crippen molar-refractivity contribution >= 4 is 33.9 Å². The zero-order valence-electron chi connectivity index (χ0n) is 17.7. The summed E-state index contributed by atoms with van der Waals surface area (Å²) in [5.41, 5.74) is 1.05. The van der Waals surface area contributed by atoms with Crippen LogP contribution in [0.25, 0.3) is 0 Å². The number of para-hydroxylation sites is 1. The van der Waals surface area contributed by atoms with Gasteiger partial charge in [0.25, 0.3) is 0 Å². The number of rotatable bonds is 5. The van der Waals surface area contributed by atoms with E-state index in [-0.39, 0.29) is 11.5 Å². The molecule has 2 nitrogen and oxygen atoms in total. The van der Waals surface area contributed by atoms with Gasteiger partial charge in [0.2, 0.25) is 0 Å². The van der Waals surface area contributed by atoms with Gasteiger partial charge < -0.3 is 5.11 Å². The fourth-order valence-electron chi connectivity index (χ4n) is 4.17. The third kappa shape index (κ3) is 3.65. The molecule has 0 saturated heterocycles. The number of hydrogen-bond acceptors (Lipinski definition) is 2. The monoisotopic (exact) mass is 424 g/mol. The minimum atomic E-state index is -2.44. The van der Waals surface area contributed by atoms with Crippen molar-refractivity contribution in [2.24, 2.45) is 0 Å². The van der Waals surface area contributed by atoms with Crippen molar-refractivity contribution in [3.8, 4) is 5.75 Å². The number of hydrogen-bond donors (Lipinski definition) is 1. The number of ketones is 1. The number of aryl methyl sites for hydroxylation is 1. The normalized spacial score (nSPS) is 11.2. The van der Waals surface area contributed by atoms with Gasteiger partial charge in [0.05, 0.1) is 5.56 Å².